The summed E-state index contributed by atoms with van der Waals surface area (Å²) >= 11 is 0. The summed E-state index contributed by atoms with van der Waals surface area (Å²) in [5.74, 6) is -0.914. The topological polar surface area (TPSA) is 93.5 Å². The van der Waals surface area contributed by atoms with Crippen molar-refractivity contribution in [1.29, 1.82) is 0 Å². The molecule has 3 aromatic rings. The number of aliphatic carboxylic acids is 1. The Labute approximate surface area is 193 Å². The Bertz CT molecular complexity index is 1080. The summed E-state index contributed by atoms with van der Waals surface area (Å²) in [6.45, 7) is 3.07. The third-order valence-electron chi connectivity index (χ3n) is 6.07. The van der Waals surface area contributed by atoms with Crippen molar-refractivity contribution >= 4 is 12.1 Å². The number of nitrogens with one attached hydrogen (secondary N) is 1. The maximum absolute atomic E-state index is 12.7. The second-order valence-corrected chi connectivity index (χ2v) is 8.35. The number of hydrogen-bond acceptors (Lipinski definition) is 4. The summed E-state index contributed by atoms with van der Waals surface area (Å²) in [4.78, 5) is 23.8. The Morgan fingerprint density at radius 3 is 2.39 bits per heavy atom. The highest BCUT2D eigenvalue weighted by Gasteiger charge is 2.29. The Morgan fingerprint density at radius 2 is 1.76 bits per heavy atom. The first-order valence-corrected chi connectivity index (χ1v) is 11.4. The molecule has 1 aromatic heterocycles. The fourth-order valence-corrected chi connectivity index (χ4v) is 4.53. The summed E-state index contributed by atoms with van der Waals surface area (Å²) in [7, 11) is 0. The molecule has 33 heavy (non-hydrogen) atoms. The molecule has 1 unspecified atom stereocenters. The number of nitrogens with zero attached hydrogens (tertiary/aromatic N) is 2. The molecule has 2 N–H and O–H groups in total. The Balaban J connectivity index is 1.42. The predicted octanol–water partition coefficient (Wildman–Crippen LogP) is 4.61. The van der Waals surface area contributed by atoms with Crippen LogP contribution in [0.5, 0.6) is 0 Å². The highest BCUT2D eigenvalue weighted by molar-refractivity contribution is 5.79. The van der Waals surface area contributed by atoms with E-state index in [0.29, 0.717) is 12.8 Å². The van der Waals surface area contributed by atoms with Crippen LogP contribution in [0.1, 0.15) is 48.9 Å². The van der Waals surface area contributed by atoms with Crippen LogP contribution in [0.2, 0.25) is 0 Å². The number of ether oxygens (including phenoxy) is 1. The maximum Gasteiger partial charge on any atom is 0.407 e. The van der Waals surface area contributed by atoms with E-state index in [1.807, 2.05) is 35.0 Å². The lowest BCUT2D eigenvalue weighted by Gasteiger charge is -2.20. The molecule has 7 heteroatoms. The second kappa shape index (κ2) is 10.3. The van der Waals surface area contributed by atoms with Gasteiger partial charge in [-0.3, -0.25) is 9.48 Å². The van der Waals surface area contributed by atoms with Gasteiger partial charge < -0.3 is 15.2 Å². The van der Waals surface area contributed by atoms with Crippen LogP contribution >= 0.6 is 0 Å². The van der Waals surface area contributed by atoms with Crippen molar-refractivity contribution in [3.05, 3.63) is 77.6 Å². The van der Waals surface area contributed by atoms with E-state index in [1.165, 1.54) is 11.1 Å². The molecular weight excluding hydrogens is 418 g/mol. The number of aromatic nitrogens is 2. The molecule has 0 bridgehead atoms. The number of amides is 1. The molecule has 0 radical (unpaired) electrons. The highest BCUT2D eigenvalue weighted by atomic mass is 16.5. The van der Waals surface area contributed by atoms with Crippen molar-refractivity contribution in [2.45, 2.75) is 51.1 Å². The lowest BCUT2D eigenvalue weighted by atomic mass is 9.98. The lowest BCUT2D eigenvalue weighted by molar-refractivity contribution is -0.137. The van der Waals surface area contributed by atoms with E-state index in [2.05, 4.69) is 41.6 Å². The summed E-state index contributed by atoms with van der Waals surface area (Å²) in [5.41, 5.74) is 5.61. The molecule has 1 heterocycles. The smallest absolute Gasteiger partial charge is 0.407 e. The molecular formula is C26H29N3O4. The number of rotatable bonds is 10. The number of carbonyl (C=O) groups excluding carboxylic acids is 1. The average Bonchev–Trinajstić information content (AvgIpc) is 3.38. The molecule has 0 saturated heterocycles. The lowest BCUT2D eigenvalue weighted by Crippen LogP contribution is -2.38. The SMILES string of the molecule is CCCn1nccc1CC(CCC(=O)O)NC(=O)OCC1c2ccccc2-c2ccccc21. The third-order valence-corrected chi connectivity index (χ3v) is 6.07. The quantitative estimate of drug-likeness (QED) is 0.473. The molecule has 1 atom stereocenters. The summed E-state index contributed by atoms with van der Waals surface area (Å²) in [6.07, 6.45) is 2.92. The van der Waals surface area contributed by atoms with Crippen LogP contribution in [0.4, 0.5) is 4.79 Å². The minimum absolute atomic E-state index is 0.0217. The predicted molar refractivity (Wildman–Crippen MR) is 125 cm³/mol. The van der Waals surface area contributed by atoms with Crippen molar-refractivity contribution < 1.29 is 19.4 Å². The fourth-order valence-electron chi connectivity index (χ4n) is 4.53. The second-order valence-electron chi connectivity index (χ2n) is 8.35. The third kappa shape index (κ3) is 5.25. The minimum Gasteiger partial charge on any atom is -0.481 e. The molecule has 0 fully saturated rings. The zero-order valence-electron chi connectivity index (χ0n) is 18.7. The summed E-state index contributed by atoms with van der Waals surface area (Å²) in [6, 6.07) is 17.9. The highest BCUT2D eigenvalue weighted by Crippen LogP contribution is 2.44. The van der Waals surface area contributed by atoms with Gasteiger partial charge >= 0.3 is 12.1 Å². The fraction of sp³-hybridized carbons (Fsp3) is 0.346. The van der Waals surface area contributed by atoms with E-state index in [9.17, 15) is 9.59 Å². The Kier molecular flexibility index (Phi) is 7.07. The van der Waals surface area contributed by atoms with E-state index in [1.54, 1.807) is 6.20 Å². The van der Waals surface area contributed by atoms with Gasteiger partial charge in [0.25, 0.3) is 0 Å². The van der Waals surface area contributed by atoms with Crippen molar-refractivity contribution in [2.24, 2.45) is 0 Å². The van der Waals surface area contributed by atoms with E-state index >= 15 is 0 Å². The van der Waals surface area contributed by atoms with Crippen molar-refractivity contribution in [3.63, 3.8) is 0 Å². The van der Waals surface area contributed by atoms with Crippen molar-refractivity contribution in [3.8, 4) is 11.1 Å². The van der Waals surface area contributed by atoms with Gasteiger partial charge in [-0.2, -0.15) is 5.10 Å². The van der Waals surface area contributed by atoms with Crippen LogP contribution in [0, 0.1) is 0 Å². The van der Waals surface area contributed by atoms with Crippen LogP contribution in [0.15, 0.2) is 60.8 Å². The van der Waals surface area contributed by atoms with E-state index in [0.717, 1.165) is 29.8 Å². The number of carboxylic acids is 1. The zero-order valence-corrected chi connectivity index (χ0v) is 18.7. The molecule has 0 aliphatic heterocycles. The normalized spacial score (nSPS) is 13.2. The Hall–Kier alpha value is -3.61. The molecule has 0 spiro atoms. The van der Waals surface area contributed by atoms with Gasteiger partial charge in [0, 0.05) is 43.2 Å². The first kappa shape index (κ1) is 22.6. The van der Waals surface area contributed by atoms with E-state index in [4.69, 9.17) is 9.84 Å². The average molecular weight is 448 g/mol. The van der Waals surface area contributed by atoms with Gasteiger partial charge in [-0.15, -0.1) is 0 Å². The van der Waals surface area contributed by atoms with Crippen LogP contribution in [-0.4, -0.2) is 39.6 Å². The number of hydrogen-bond donors (Lipinski definition) is 2. The molecule has 4 rings (SSSR count). The van der Waals surface area contributed by atoms with Gasteiger partial charge in [0.15, 0.2) is 0 Å². The Morgan fingerprint density at radius 1 is 1.09 bits per heavy atom. The van der Waals surface area contributed by atoms with E-state index < -0.39 is 12.1 Å². The van der Waals surface area contributed by atoms with Gasteiger partial charge in [-0.1, -0.05) is 55.5 Å². The number of carboxylic acid groups (broad SMARTS) is 1. The molecule has 0 saturated carbocycles. The summed E-state index contributed by atoms with van der Waals surface area (Å²) < 4.78 is 7.55. The van der Waals surface area contributed by atoms with Gasteiger partial charge in [0.05, 0.1) is 0 Å². The van der Waals surface area contributed by atoms with Crippen molar-refractivity contribution in [1.82, 2.24) is 15.1 Å². The van der Waals surface area contributed by atoms with E-state index in [-0.39, 0.29) is 25.0 Å². The van der Waals surface area contributed by atoms with Crippen LogP contribution in [0.25, 0.3) is 11.1 Å². The standard InChI is InChI=1S/C26H29N3O4/c1-2-15-29-19(13-14-27-29)16-18(11-12-25(30)31)28-26(32)33-17-24-22-9-5-3-7-20(22)21-8-4-6-10-23(21)24/h3-10,13-14,18,24H,2,11-12,15-17H2,1H3,(H,28,32)(H,30,31). The van der Waals surface area contributed by atoms with Crippen LogP contribution in [-0.2, 0) is 22.5 Å². The molecule has 7 nitrogen and oxygen atoms in total. The van der Waals surface area contributed by atoms with Crippen LogP contribution < -0.4 is 5.32 Å². The van der Waals surface area contributed by atoms with Gasteiger partial charge in [0.2, 0.25) is 0 Å². The molecule has 2 aromatic carbocycles. The monoisotopic (exact) mass is 447 g/mol. The summed E-state index contributed by atoms with van der Waals surface area (Å²) in [5, 5.41) is 16.3. The largest absolute Gasteiger partial charge is 0.481 e. The van der Waals surface area contributed by atoms with Gasteiger partial charge in [0.1, 0.15) is 6.61 Å². The number of carbonyl (C=O) groups is 2. The minimum atomic E-state index is -0.892. The first-order chi connectivity index (χ1) is 16.1. The molecule has 172 valence electrons. The van der Waals surface area contributed by atoms with Crippen LogP contribution in [0.3, 0.4) is 0 Å². The van der Waals surface area contributed by atoms with Gasteiger partial charge in [-0.05, 0) is 41.2 Å². The molecule has 1 aliphatic carbocycles. The number of alkyl carbamates (subject to hydrolysis) is 1. The maximum atomic E-state index is 12.7. The molecule has 1 amide bonds. The van der Waals surface area contributed by atoms with Crippen molar-refractivity contribution in [2.75, 3.05) is 6.61 Å². The number of aryl methyl sites for hydroxylation is 1. The molecule has 1 aliphatic rings. The van der Waals surface area contributed by atoms with Gasteiger partial charge in [-0.25, -0.2) is 4.79 Å². The zero-order chi connectivity index (χ0) is 23.2. The number of benzene rings is 2. The number of fused-ring (bicyclic) bond motifs is 3. The first-order valence-electron chi connectivity index (χ1n) is 11.4.